The second-order valence-electron chi connectivity index (χ2n) is 7.39. The quantitative estimate of drug-likeness (QED) is 0.637. The first-order valence-corrected chi connectivity index (χ1v) is 11.2. The van der Waals surface area contributed by atoms with E-state index in [1.54, 1.807) is 4.90 Å². The maximum atomic E-state index is 13.1. The van der Waals surface area contributed by atoms with Crippen LogP contribution in [0.4, 0.5) is 13.2 Å². The first-order valence-electron chi connectivity index (χ1n) is 9.79. The second kappa shape index (κ2) is 8.14. The van der Waals surface area contributed by atoms with Gasteiger partial charge in [0.1, 0.15) is 5.75 Å². The topological polar surface area (TPSA) is 82.7 Å². The number of alkyl halides is 3. The molecule has 1 amide bonds. The molecule has 1 aliphatic heterocycles. The van der Waals surface area contributed by atoms with Gasteiger partial charge in [-0.3, -0.25) is 4.79 Å². The van der Waals surface area contributed by atoms with E-state index in [0.29, 0.717) is 5.56 Å². The number of halogens is 3. The van der Waals surface area contributed by atoms with Crippen molar-refractivity contribution in [2.24, 2.45) is 0 Å². The molecule has 11 heteroatoms. The van der Waals surface area contributed by atoms with Crippen LogP contribution in [0.2, 0.25) is 0 Å². The molecule has 0 atom stereocenters. The largest absolute Gasteiger partial charge is 0.573 e. The van der Waals surface area contributed by atoms with Crippen LogP contribution in [0.5, 0.6) is 5.75 Å². The number of hydrogen-bond donors (Lipinski definition) is 1. The molecule has 7 nitrogen and oxygen atoms in total. The lowest BCUT2D eigenvalue weighted by molar-refractivity contribution is -0.274. The van der Waals surface area contributed by atoms with Crippen LogP contribution in [-0.2, 0) is 10.0 Å². The van der Waals surface area contributed by atoms with Gasteiger partial charge in [0.05, 0.1) is 10.5 Å². The zero-order valence-electron chi connectivity index (χ0n) is 17.0. The number of aryl methyl sites for hydroxylation is 1. The van der Waals surface area contributed by atoms with E-state index in [4.69, 9.17) is 0 Å². The predicted octanol–water partition coefficient (Wildman–Crippen LogP) is 3.52. The molecule has 1 aromatic heterocycles. The molecule has 0 unspecified atom stereocenters. The Morgan fingerprint density at radius 3 is 2.25 bits per heavy atom. The Morgan fingerprint density at radius 1 is 1.00 bits per heavy atom. The number of piperazine rings is 1. The van der Waals surface area contributed by atoms with Gasteiger partial charge in [0, 0.05) is 42.8 Å². The smallest absolute Gasteiger partial charge is 0.406 e. The lowest BCUT2D eigenvalue weighted by Crippen LogP contribution is -2.50. The van der Waals surface area contributed by atoms with Gasteiger partial charge in [-0.2, -0.15) is 4.31 Å². The zero-order valence-corrected chi connectivity index (χ0v) is 17.8. The number of rotatable bonds is 4. The number of carbonyl (C=O) groups excluding carboxylic acids is 1. The fourth-order valence-corrected chi connectivity index (χ4v) is 5.23. The summed E-state index contributed by atoms with van der Waals surface area (Å²) in [5, 5.41) is 0.811. The van der Waals surface area contributed by atoms with Gasteiger partial charge in [0.25, 0.3) is 5.91 Å². The summed E-state index contributed by atoms with van der Waals surface area (Å²) in [7, 11) is -3.92. The van der Waals surface area contributed by atoms with Gasteiger partial charge < -0.3 is 14.6 Å². The minimum Gasteiger partial charge on any atom is -0.406 e. The minimum atomic E-state index is -4.85. The summed E-state index contributed by atoms with van der Waals surface area (Å²) in [4.78, 5) is 17.8. The summed E-state index contributed by atoms with van der Waals surface area (Å²) >= 11 is 0. The Bertz CT molecular complexity index is 1250. The van der Waals surface area contributed by atoms with Crippen molar-refractivity contribution in [3.8, 4) is 5.75 Å². The Kier molecular flexibility index (Phi) is 5.63. The number of fused-ring (bicyclic) bond motifs is 1. The normalized spacial score (nSPS) is 15.8. The summed E-state index contributed by atoms with van der Waals surface area (Å²) in [5.41, 5.74) is 2.16. The number of benzene rings is 2. The first-order chi connectivity index (χ1) is 15.1. The Hall–Kier alpha value is -3.05. The van der Waals surface area contributed by atoms with Crippen molar-refractivity contribution in [3.05, 3.63) is 59.8 Å². The van der Waals surface area contributed by atoms with E-state index in [9.17, 15) is 26.4 Å². The molecular weight excluding hydrogens is 447 g/mol. The van der Waals surface area contributed by atoms with Crippen LogP contribution in [0.15, 0.2) is 53.4 Å². The number of nitrogens with zero attached hydrogens (tertiary/aromatic N) is 2. The SMILES string of the molecule is Cc1[nH]c2ccccc2c1C(=O)N1CCN(S(=O)(=O)c2ccc(OC(F)(F)F)cc2)CC1. The highest BCUT2D eigenvalue weighted by atomic mass is 32.2. The average molecular weight is 467 g/mol. The van der Waals surface area contributed by atoms with Crippen molar-refractivity contribution in [1.82, 2.24) is 14.2 Å². The Labute approximate surface area is 182 Å². The Morgan fingerprint density at radius 2 is 1.62 bits per heavy atom. The van der Waals surface area contributed by atoms with E-state index in [-0.39, 0.29) is 37.0 Å². The molecule has 2 aromatic carbocycles. The number of hydrogen-bond acceptors (Lipinski definition) is 4. The molecule has 1 aliphatic rings. The molecule has 0 saturated carbocycles. The number of nitrogens with one attached hydrogen (secondary N) is 1. The number of sulfonamides is 1. The molecule has 1 N–H and O–H groups in total. The summed E-state index contributed by atoms with van der Waals surface area (Å²) < 4.78 is 67.6. The number of aromatic nitrogens is 1. The number of carbonyl (C=O) groups is 1. The summed E-state index contributed by atoms with van der Waals surface area (Å²) in [5.74, 6) is -0.674. The number of amides is 1. The van der Waals surface area contributed by atoms with Crippen LogP contribution < -0.4 is 4.74 Å². The van der Waals surface area contributed by atoms with E-state index in [2.05, 4.69) is 9.72 Å². The molecule has 170 valence electrons. The summed E-state index contributed by atoms with van der Waals surface area (Å²) in [6.07, 6.45) is -4.85. The summed E-state index contributed by atoms with van der Waals surface area (Å²) in [6, 6.07) is 11.5. The predicted molar refractivity (Wildman–Crippen MR) is 111 cm³/mol. The fourth-order valence-electron chi connectivity index (χ4n) is 3.80. The molecule has 1 saturated heterocycles. The van der Waals surface area contributed by atoms with Gasteiger partial charge in [-0.15, -0.1) is 13.2 Å². The molecule has 1 fully saturated rings. The van der Waals surface area contributed by atoms with Gasteiger partial charge in [0.2, 0.25) is 10.0 Å². The monoisotopic (exact) mass is 467 g/mol. The van der Waals surface area contributed by atoms with Crippen LogP contribution in [0, 0.1) is 6.92 Å². The number of para-hydroxylation sites is 1. The molecule has 32 heavy (non-hydrogen) atoms. The second-order valence-corrected chi connectivity index (χ2v) is 9.32. The van der Waals surface area contributed by atoms with Gasteiger partial charge >= 0.3 is 6.36 Å². The van der Waals surface area contributed by atoms with E-state index in [1.165, 1.54) is 4.31 Å². The third-order valence-electron chi connectivity index (χ3n) is 5.33. The van der Waals surface area contributed by atoms with Crippen LogP contribution >= 0.6 is 0 Å². The van der Waals surface area contributed by atoms with E-state index in [0.717, 1.165) is 40.9 Å². The van der Waals surface area contributed by atoms with E-state index < -0.39 is 22.1 Å². The fraction of sp³-hybridized carbons (Fsp3) is 0.286. The maximum Gasteiger partial charge on any atom is 0.573 e. The van der Waals surface area contributed by atoms with Crippen LogP contribution in [0.3, 0.4) is 0 Å². The zero-order chi connectivity index (χ0) is 23.1. The first kappa shape index (κ1) is 22.2. The molecule has 4 rings (SSSR count). The Balaban J connectivity index is 1.46. The lowest BCUT2D eigenvalue weighted by Gasteiger charge is -2.34. The highest BCUT2D eigenvalue weighted by Crippen LogP contribution is 2.27. The van der Waals surface area contributed by atoms with Gasteiger partial charge in [-0.05, 0) is 37.3 Å². The molecule has 3 aromatic rings. The standard InChI is InChI=1S/C21H20F3N3O4S/c1-14-19(17-4-2-3-5-18(17)25-14)20(28)26-10-12-27(13-11-26)32(29,30)16-8-6-15(7-9-16)31-21(22,23)24/h2-9,25H,10-13H2,1H3. The van der Waals surface area contributed by atoms with E-state index in [1.807, 2.05) is 31.2 Å². The summed E-state index contributed by atoms with van der Waals surface area (Å²) in [6.45, 7) is 2.38. The molecule has 0 aliphatic carbocycles. The van der Waals surface area contributed by atoms with Gasteiger partial charge in [-0.1, -0.05) is 18.2 Å². The average Bonchev–Trinajstić information content (AvgIpc) is 3.08. The third-order valence-corrected chi connectivity index (χ3v) is 7.24. The number of ether oxygens (including phenoxy) is 1. The van der Waals surface area contributed by atoms with Crippen molar-refractivity contribution < 1.29 is 31.1 Å². The van der Waals surface area contributed by atoms with Crippen molar-refractivity contribution in [1.29, 1.82) is 0 Å². The van der Waals surface area contributed by atoms with E-state index >= 15 is 0 Å². The highest BCUT2D eigenvalue weighted by Gasteiger charge is 2.33. The minimum absolute atomic E-state index is 0.0796. The molecule has 0 radical (unpaired) electrons. The van der Waals surface area contributed by atoms with Crippen LogP contribution in [-0.4, -0.2) is 61.1 Å². The third kappa shape index (κ3) is 4.30. The molecular formula is C21H20F3N3O4S. The highest BCUT2D eigenvalue weighted by molar-refractivity contribution is 7.89. The van der Waals surface area contributed by atoms with Crippen molar-refractivity contribution in [2.45, 2.75) is 18.2 Å². The van der Waals surface area contributed by atoms with Crippen molar-refractivity contribution in [3.63, 3.8) is 0 Å². The van der Waals surface area contributed by atoms with Crippen molar-refractivity contribution in [2.75, 3.05) is 26.2 Å². The molecule has 0 spiro atoms. The lowest BCUT2D eigenvalue weighted by atomic mass is 10.1. The molecule has 2 heterocycles. The molecule has 0 bridgehead atoms. The van der Waals surface area contributed by atoms with Gasteiger partial charge in [0.15, 0.2) is 0 Å². The maximum absolute atomic E-state index is 13.1. The number of H-pyrrole nitrogens is 1. The van der Waals surface area contributed by atoms with Crippen LogP contribution in [0.1, 0.15) is 16.1 Å². The van der Waals surface area contributed by atoms with Crippen molar-refractivity contribution >= 4 is 26.8 Å². The van der Waals surface area contributed by atoms with Gasteiger partial charge in [-0.25, -0.2) is 8.42 Å². The van der Waals surface area contributed by atoms with Crippen LogP contribution in [0.25, 0.3) is 10.9 Å². The number of aromatic amines is 1.